The lowest BCUT2D eigenvalue weighted by molar-refractivity contribution is 0.140. The first kappa shape index (κ1) is 18.2. The van der Waals surface area contributed by atoms with E-state index in [0.717, 1.165) is 23.4 Å². The van der Waals surface area contributed by atoms with Gasteiger partial charge in [0.1, 0.15) is 0 Å². The van der Waals surface area contributed by atoms with E-state index in [1.54, 1.807) is 17.4 Å². The molecule has 2 aliphatic rings. The second-order valence-electron chi connectivity index (χ2n) is 8.06. The summed E-state index contributed by atoms with van der Waals surface area (Å²) in [5.41, 5.74) is 4.26. The molecule has 29 heavy (non-hydrogen) atoms. The normalized spacial score (nSPS) is 20.2. The number of aryl methyl sites for hydroxylation is 1. The van der Waals surface area contributed by atoms with Crippen LogP contribution in [0.5, 0.6) is 0 Å². The summed E-state index contributed by atoms with van der Waals surface area (Å²) in [5, 5.41) is 5.09. The van der Waals surface area contributed by atoms with E-state index < -0.39 is 0 Å². The smallest absolute Gasteiger partial charge is 0.321 e. The fraction of sp³-hybridized carbons (Fsp3) is 0.304. The van der Waals surface area contributed by atoms with Crippen molar-refractivity contribution in [2.24, 2.45) is 5.92 Å². The second-order valence-corrected chi connectivity index (χ2v) is 9.01. The molecule has 0 saturated carbocycles. The van der Waals surface area contributed by atoms with Crippen LogP contribution in [0, 0.1) is 12.8 Å². The van der Waals surface area contributed by atoms with Gasteiger partial charge < -0.3 is 14.8 Å². The van der Waals surface area contributed by atoms with Crippen LogP contribution in [0.15, 0.2) is 58.7 Å². The van der Waals surface area contributed by atoms with Crippen molar-refractivity contribution in [2.45, 2.75) is 25.8 Å². The maximum atomic E-state index is 12.9. The van der Waals surface area contributed by atoms with Crippen LogP contribution in [0.25, 0.3) is 10.4 Å². The fourth-order valence-electron chi connectivity index (χ4n) is 4.66. The Morgan fingerprint density at radius 2 is 1.90 bits per heavy atom. The molecule has 0 aliphatic carbocycles. The third-order valence-corrected chi connectivity index (χ3v) is 6.87. The summed E-state index contributed by atoms with van der Waals surface area (Å²) in [6, 6.07) is 15.6. The Bertz CT molecular complexity index is 1100. The zero-order valence-electron chi connectivity index (χ0n) is 16.3. The van der Waals surface area contributed by atoms with Crippen LogP contribution >= 0.6 is 11.3 Å². The van der Waals surface area contributed by atoms with Gasteiger partial charge in [-0.25, -0.2) is 4.79 Å². The number of nitrogens with zero attached hydrogens (tertiary/aromatic N) is 2. The number of anilines is 1. The highest BCUT2D eigenvalue weighted by molar-refractivity contribution is 7.13. The maximum absolute atomic E-state index is 12.9. The molecule has 2 aromatic heterocycles. The molecule has 2 atom stereocenters. The van der Waals surface area contributed by atoms with Gasteiger partial charge in [0.15, 0.2) is 0 Å². The molecule has 2 unspecified atom stereocenters. The number of carbonyl (C=O) groups excluding carboxylic acids is 1. The summed E-state index contributed by atoms with van der Waals surface area (Å²) in [5.74, 6) is 0.485. The standard InChI is InChI=1S/C23H23N3O2S/c1-15-4-6-18(7-5-15)24-23(28)25-12-16-11-17(14-25)22-19(20-3-2-10-29-20)8-9-21(27)26(22)13-16/h2-10,16-17H,11-14H2,1H3,(H,24,28). The van der Waals surface area contributed by atoms with Gasteiger partial charge >= 0.3 is 6.03 Å². The summed E-state index contributed by atoms with van der Waals surface area (Å²) < 4.78 is 1.95. The van der Waals surface area contributed by atoms with Crippen LogP contribution in [0.3, 0.4) is 0 Å². The first-order valence-electron chi connectivity index (χ1n) is 9.98. The van der Waals surface area contributed by atoms with Crippen LogP contribution < -0.4 is 10.9 Å². The van der Waals surface area contributed by atoms with Gasteiger partial charge in [0, 0.05) is 53.4 Å². The number of fused-ring (bicyclic) bond motifs is 4. The van der Waals surface area contributed by atoms with Gasteiger partial charge in [0.25, 0.3) is 5.56 Å². The molecule has 1 saturated heterocycles. The van der Waals surface area contributed by atoms with Gasteiger partial charge in [-0.1, -0.05) is 23.8 Å². The van der Waals surface area contributed by atoms with Crippen LogP contribution in [0.1, 0.15) is 23.6 Å². The van der Waals surface area contributed by atoms with Gasteiger partial charge in [-0.15, -0.1) is 11.3 Å². The molecule has 0 radical (unpaired) electrons. The average Bonchev–Trinajstić information content (AvgIpc) is 3.25. The Hall–Kier alpha value is -2.86. The molecule has 0 spiro atoms. The zero-order chi connectivity index (χ0) is 20.0. The number of likely N-dealkylation sites (tertiary alicyclic amines) is 1. The summed E-state index contributed by atoms with van der Waals surface area (Å²) in [4.78, 5) is 28.6. The number of benzene rings is 1. The number of piperidine rings is 1. The Kier molecular flexibility index (Phi) is 4.51. The zero-order valence-corrected chi connectivity index (χ0v) is 17.1. The van der Waals surface area contributed by atoms with E-state index in [2.05, 4.69) is 16.8 Å². The lowest BCUT2D eigenvalue weighted by atomic mass is 9.81. The van der Waals surface area contributed by atoms with Crippen molar-refractivity contribution < 1.29 is 4.79 Å². The van der Waals surface area contributed by atoms with Crippen molar-refractivity contribution in [1.29, 1.82) is 0 Å². The number of aromatic nitrogens is 1. The lowest BCUT2D eigenvalue weighted by Gasteiger charge is -2.43. The molecule has 4 heterocycles. The molecule has 2 aliphatic heterocycles. The minimum absolute atomic E-state index is 0.0621. The number of hydrogen-bond donors (Lipinski definition) is 1. The molecule has 3 aromatic rings. The second kappa shape index (κ2) is 7.19. The molecule has 6 heteroatoms. The molecule has 1 N–H and O–H groups in total. The number of thiophene rings is 1. The number of nitrogens with one attached hydrogen (secondary N) is 1. The van der Waals surface area contributed by atoms with Crippen molar-refractivity contribution in [3.8, 4) is 10.4 Å². The highest BCUT2D eigenvalue weighted by Crippen LogP contribution is 2.40. The summed E-state index contributed by atoms with van der Waals surface area (Å²) >= 11 is 1.69. The average molecular weight is 406 g/mol. The van der Waals surface area contributed by atoms with Crippen molar-refractivity contribution in [3.63, 3.8) is 0 Å². The Labute approximate surface area is 173 Å². The molecule has 5 nitrogen and oxygen atoms in total. The van der Waals surface area contributed by atoms with Crippen molar-refractivity contribution in [1.82, 2.24) is 9.47 Å². The predicted molar refractivity (Wildman–Crippen MR) is 117 cm³/mol. The first-order chi connectivity index (χ1) is 14.1. The van der Waals surface area contributed by atoms with E-state index in [4.69, 9.17) is 0 Å². The molecule has 2 amide bonds. The van der Waals surface area contributed by atoms with Crippen LogP contribution in [0.4, 0.5) is 10.5 Å². The van der Waals surface area contributed by atoms with E-state index >= 15 is 0 Å². The summed E-state index contributed by atoms with van der Waals surface area (Å²) in [6.45, 7) is 4.03. The number of urea groups is 1. The maximum Gasteiger partial charge on any atom is 0.321 e. The molecular formula is C23H23N3O2S. The molecule has 148 valence electrons. The van der Waals surface area contributed by atoms with Crippen molar-refractivity contribution in [3.05, 3.63) is 75.5 Å². The van der Waals surface area contributed by atoms with Gasteiger partial charge in [-0.05, 0) is 48.9 Å². The summed E-state index contributed by atoms with van der Waals surface area (Å²) in [7, 11) is 0. The molecular weight excluding hydrogens is 382 g/mol. The van der Waals surface area contributed by atoms with Crippen molar-refractivity contribution >= 4 is 23.1 Å². The van der Waals surface area contributed by atoms with Gasteiger partial charge in [-0.3, -0.25) is 4.79 Å². The highest BCUT2D eigenvalue weighted by Gasteiger charge is 2.38. The largest absolute Gasteiger partial charge is 0.324 e. The third kappa shape index (κ3) is 3.38. The van der Waals surface area contributed by atoms with E-state index in [1.165, 1.54) is 10.4 Å². The number of rotatable bonds is 2. The quantitative estimate of drug-likeness (QED) is 0.681. The Balaban J connectivity index is 1.44. The van der Waals surface area contributed by atoms with Crippen LogP contribution in [-0.2, 0) is 6.54 Å². The van der Waals surface area contributed by atoms with Crippen molar-refractivity contribution in [2.75, 3.05) is 18.4 Å². The number of pyridine rings is 1. The lowest BCUT2D eigenvalue weighted by Crippen LogP contribution is -2.50. The number of amides is 2. The fourth-order valence-corrected chi connectivity index (χ4v) is 5.42. The molecule has 1 aromatic carbocycles. The Morgan fingerprint density at radius 3 is 2.66 bits per heavy atom. The molecule has 5 rings (SSSR count). The molecule has 1 fully saturated rings. The minimum Gasteiger partial charge on any atom is -0.324 e. The number of hydrogen-bond acceptors (Lipinski definition) is 3. The van der Waals surface area contributed by atoms with Gasteiger partial charge in [0.2, 0.25) is 0 Å². The predicted octanol–water partition coefficient (Wildman–Crippen LogP) is 4.54. The highest BCUT2D eigenvalue weighted by atomic mass is 32.1. The number of carbonyl (C=O) groups is 1. The van der Waals surface area contributed by atoms with Gasteiger partial charge in [0.05, 0.1) is 0 Å². The monoisotopic (exact) mass is 405 g/mol. The van der Waals surface area contributed by atoms with Gasteiger partial charge in [-0.2, -0.15) is 0 Å². The Morgan fingerprint density at radius 1 is 1.07 bits per heavy atom. The van der Waals surface area contributed by atoms with Crippen LogP contribution in [0.2, 0.25) is 0 Å². The van der Waals surface area contributed by atoms with Crippen LogP contribution in [-0.4, -0.2) is 28.6 Å². The SMILES string of the molecule is Cc1ccc(NC(=O)N2CC3CC(C2)c2c(-c4cccs4)ccc(=O)n2C3)cc1. The topological polar surface area (TPSA) is 54.3 Å². The first-order valence-corrected chi connectivity index (χ1v) is 10.9. The van der Waals surface area contributed by atoms with E-state index in [1.807, 2.05) is 52.8 Å². The summed E-state index contributed by atoms with van der Waals surface area (Å²) in [6.07, 6.45) is 1.02. The van der Waals surface area contributed by atoms with E-state index in [-0.39, 0.29) is 17.5 Å². The van der Waals surface area contributed by atoms with E-state index in [0.29, 0.717) is 25.6 Å². The third-order valence-electron chi connectivity index (χ3n) is 5.97. The molecule has 2 bridgehead atoms. The van der Waals surface area contributed by atoms with E-state index in [9.17, 15) is 9.59 Å². The minimum atomic E-state index is -0.0621.